The van der Waals surface area contributed by atoms with Crippen molar-refractivity contribution in [2.24, 2.45) is 0 Å². The zero-order valence-electron chi connectivity index (χ0n) is 14.0. The molecule has 0 aliphatic heterocycles. The van der Waals surface area contributed by atoms with Crippen molar-refractivity contribution < 1.29 is 13.2 Å². The Morgan fingerprint density at radius 2 is 1.81 bits per heavy atom. The summed E-state index contributed by atoms with van der Waals surface area (Å²) in [7, 11) is -1.88. The van der Waals surface area contributed by atoms with Gasteiger partial charge in [0.05, 0.1) is 17.7 Å². The highest BCUT2D eigenvalue weighted by atomic mass is 79.9. The van der Waals surface area contributed by atoms with Crippen LogP contribution in [-0.4, -0.2) is 27.1 Å². The van der Waals surface area contributed by atoms with Crippen molar-refractivity contribution in [3.63, 3.8) is 0 Å². The second-order valence-corrected chi connectivity index (χ2v) is 9.01. The Morgan fingerprint density at radius 1 is 1.12 bits per heavy atom. The van der Waals surface area contributed by atoms with Crippen LogP contribution in [0.5, 0.6) is 5.75 Å². The van der Waals surface area contributed by atoms with Gasteiger partial charge in [0, 0.05) is 28.4 Å². The van der Waals surface area contributed by atoms with E-state index in [2.05, 4.69) is 25.6 Å². The van der Waals surface area contributed by atoms with Gasteiger partial charge in [-0.15, -0.1) is 11.3 Å². The minimum atomic E-state index is -3.51. The highest BCUT2D eigenvalue weighted by molar-refractivity contribution is 9.10. The maximum Gasteiger partial charge on any atom is 0.240 e. The molecule has 0 saturated carbocycles. The molecule has 1 heterocycles. The van der Waals surface area contributed by atoms with E-state index in [0.29, 0.717) is 13.0 Å². The molecule has 0 amide bonds. The number of ether oxygens (including phenoxy) is 1. The minimum absolute atomic E-state index is 0.248. The summed E-state index contributed by atoms with van der Waals surface area (Å²) in [5.41, 5.74) is 1.87. The topological polar surface area (TPSA) is 68.3 Å². The van der Waals surface area contributed by atoms with E-state index in [1.54, 1.807) is 31.4 Å². The number of rotatable bonds is 7. The van der Waals surface area contributed by atoms with Crippen molar-refractivity contribution in [2.45, 2.75) is 11.3 Å². The fourth-order valence-electron chi connectivity index (χ4n) is 2.30. The number of halogens is 1. The number of thiazole rings is 1. The molecule has 0 fully saturated rings. The van der Waals surface area contributed by atoms with Crippen molar-refractivity contribution in [3.05, 3.63) is 64.1 Å². The highest BCUT2D eigenvalue weighted by Gasteiger charge is 2.13. The molecule has 0 unspecified atom stereocenters. The molecule has 2 aromatic carbocycles. The van der Waals surface area contributed by atoms with Gasteiger partial charge in [-0.05, 0) is 48.5 Å². The molecule has 5 nitrogen and oxygen atoms in total. The van der Waals surface area contributed by atoms with Crippen LogP contribution in [0.15, 0.2) is 63.3 Å². The Hall–Kier alpha value is -1.74. The van der Waals surface area contributed by atoms with E-state index in [0.717, 1.165) is 26.5 Å². The molecule has 26 heavy (non-hydrogen) atoms. The van der Waals surface area contributed by atoms with Crippen LogP contribution >= 0.6 is 27.3 Å². The second kappa shape index (κ2) is 8.30. The molecular formula is C18H17BrN2O3S2. The van der Waals surface area contributed by atoms with Crippen molar-refractivity contribution in [3.8, 4) is 16.3 Å². The molecule has 0 radical (unpaired) electrons. The number of benzene rings is 2. The van der Waals surface area contributed by atoms with E-state index in [9.17, 15) is 8.42 Å². The predicted molar refractivity (Wildman–Crippen MR) is 107 cm³/mol. The standard InChI is InChI=1S/C18H17BrN2O3S2/c1-24-16-6-2-13(3-7-16)18-21-15(12-25-18)10-11-20-26(22,23)17-8-4-14(19)5-9-17/h2-9,12,20H,10-11H2,1H3. The van der Waals surface area contributed by atoms with E-state index in [-0.39, 0.29) is 4.90 Å². The Bertz CT molecular complexity index is 968. The predicted octanol–water partition coefficient (Wildman–Crippen LogP) is 4.10. The molecule has 3 rings (SSSR count). The average molecular weight is 453 g/mol. The van der Waals surface area contributed by atoms with Crippen molar-refractivity contribution in [1.29, 1.82) is 0 Å². The van der Waals surface area contributed by atoms with E-state index < -0.39 is 10.0 Å². The summed E-state index contributed by atoms with van der Waals surface area (Å²) < 4.78 is 33.1. The summed E-state index contributed by atoms with van der Waals surface area (Å²) in [6.45, 7) is 0.296. The molecule has 0 saturated heterocycles. The molecular weight excluding hydrogens is 436 g/mol. The number of hydrogen-bond donors (Lipinski definition) is 1. The molecule has 1 aromatic heterocycles. The van der Waals surface area contributed by atoms with E-state index in [4.69, 9.17) is 4.74 Å². The first kappa shape index (κ1) is 19.0. The number of sulfonamides is 1. The number of hydrogen-bond acceptors (Lipinski definition) is 5. The first-order valence-corrected chi connectivity index (χ1v) is 11.0. The van der Waals surface area contributed by atoms with Gasteiger partial charge in [0.2, 0.25) is 10.0 Å². The molecule has 3 aromatic rings. The first-order valence-electron chi connectivity index (χ1n) is 7.82. The normalized spacial score (nSPS) is 11.5. The number of nitrogens with zero attached hydrogens (tertiary/aromatic N) is 1. The van der Waals surface area contributed by atoms with Crippen LogP contribution in [0.1, 0.15) is 5.69 Å². The smallest absolute Gasteiger partial charge is 0.240 e. The largest absolute Gasteiger partial charge is 0.497 e. The minimum Gasteiger partial charge on any atom is -0.497 e. The molecule has 0 atom stereocenters. The van der Waals surface area contributed by atoms with Gasteiger partial charge < -0.3 is 4.74 Å². The first-order chi connectivity index (χ1) is 12.5. The Labute approximate surface area is 165 Å². The lowest BCUT2D eigenvalue weighted by atomic mass is 10.2. The fourth-order valence-corrected chi connectivity index (χ4v) is 4.46. The van der Waals surface area contributed by atoms with Crippen LogP contribution < -0.4 is 9.46 Å². The maximum atomic E-state index is 12.3. The molecule has 1 N–H and O–H groups in total. The SMILES string of the molecule is COc1ccc(-c2nc(CCNS(=O)(=O)c3ccc(Br)cc3)cs2)cc1. The van der Waals surface area contributed by atoms with Crippen LogP contribution in [0.4, 0.5) is 0 Å². The van der Waals surface area contributed by atoms with Crippen molar-refractivity contribution >= 4 is 37.3 Å². The molecule has 0 bridgehead atoms. The van der Waals surface area contributed by atoms with E-state index in [1.165, 1.54) is 11.3 Å². The molecule has 8 heteroatoms. The van der Waals surface area contributed by atoms with Gasteiger partial charge >= 0.3 is 0 Å². The summed E-state index contributed by atoms with van der Waals surface area (Å²) >= 11 is 4.83. The average Bonchev–Trinajstić information content (AvgIpc) is 3.11. The summed E-state index contributed by atoms with van der Waals surface area (Å²) in [6, 6.07) is 14.2. The Balaban J connectivity index is 1.60. The van der Waals surface area contributed by atoms with E-state index in [1.807, 2.05) is 29.6 Å². The van der Waals surface area contributed by atoms with Crippen LogP contribution in [0, 0.1) is 0 Å². The van der Waals surface area contributed by atoms with Gasteiger partial charge in [-0.25, -0.2) is 18.1 Å². The molecule has 0 aliphatic carbocycles. The molecule has 0 aliphatic rings. The zero-order valence-corrected chi connectivity index (χ0v) is 17.2. The summed E-state index contributed by atoms with van der Waals surface area (Å²) in [4.78, 5) is 4.82. The van der Waals surface area contributed by atoms with Gasteiger partial charge in [0.15, 0.2) is 0 Å². The summed E-state index contributed by atoms with van der Waals surface area (Å²) in [6.07, 6.45) is 0.530. The van der Waals surface area contributed by atoms with Crippen LogP contribution in [-0.2, 0) is 16.4 Å². The molecule has 136 valence electrons. The van der Waals surface area contributed by atoms with Gasteiger partial charge in [-0.2, -0.15) is 0 Å². The quantitative estimate of drug-likeness (QED) is 0.585. The Morgan fingerprint density at radius 3 is 2.46 bits per heavy atom. The summed E-state index contributed by atoms with van der Waals surface area (Å²) in [5, 5.41) is 2.85. The van der Waals surface area contributed by atoms with Gasteiger partial charge in [0.1, 0.15) is 10.8 Å². The lowest BCUT2D eigenvalue weighted by molar-refractivity contribution is 0.415. The van der Waals surface area contributed by atoms with Gasteiger partial charge in [-0.1, -0.05) is 15.9 Å². The van der Waals surface area contributed by atoms with Crippen molar-refractivity contribution in [1.82, 2.24) is 9.71 Å². The van der Waals surface area contributed by atoms with Crippen LogP contribution in [0.2, 0.25) is 0 Å². The maximum absolute atomic E-state index is 12.3. The number of aromatic nitrogens is 1. The number of methoxy groups -OCH3 is 1. The monoisotopic (exact) mass is 452 g/mol. The lowest BCUT2D eigenvalue weighted by Gasteiger charge is -2.06. The van der Waals surface area contributed by atoms with Crippen LogP contribution in [0.25, 0.3) is 10.6 Å². The summed E-state index contributed by atoms with van der Waals surface area (Å²) in [5.74, 6) is 0.799. The van der Waals surface area contributed by atoms with Gasteiger partial charge in [-0.3, -0.25) is 0 Å². The van der Waals surface area contributed by atoms with Crippen LogP contribution in [0.3, 0.4) is 0 Å². The van der Waals surface area contributed by atoms with Crippen molar-refractivity contribution in [2.75, 3.05) is 13.7 Å². The fraction of sp³-hybridized carbons (Fsp3) is 0.167. The highest BCUT2D eigenvalue weighted by Crippen LogP contribution is 2.25. The van der Waals surface area contributed by atoms with E-state index >= 15 is 0 Å². The number of nitrogens with one attached hydrogen (secondary N) is 1. The molecule has 0 spiro atoms. The van der Waals surface area contributed by atoms with Gasteiger partial charge in [0.25, 0.3) is 0 Å². The zero-order chi connectivity index (χ0) is 18.6. The Kier molecular flexibility index (Phi) is 6.08. The third-order valence-corrected chi connectivity index (χ3v) is 6.63. The lowest BCUT2D eigenvalue weighted by Crippen LogP contribution is -2.26. The third kappa shape index (κ3) is 4.70. The third-order valence-electron chi connectivity index (χ3n) is 3.69. The second-order valence-electron chi connectivity index (χ2n) is 5.47.